The fraction of sp³-hybridized carbons (Fsp3) is 0.143. The van der Waals surface area contributed by atoms with Gasteiger partial charge in [0.15, 0.2) is 0 Å². The lowest BCUT2D eigenvalue weighted by atomic mass is 9.95. The number of phenolic OH excluding ortho intramolecular Hbond substituents is 1. The maximum Gasteiger partial charge on any atom is 0.138 e. The summed E-state index contributed by atoms with van der Waals surface area (Å²) in [6.07, 6.45) is 3.55. The highest BCUT2D eigenvalue weighted by atomic mass is 16.5. The zero-order chi connectivity index (χ0) is 37.7. The summed E-state index contributed by atoms with van der Waals surface area (Å²) < 4.78 is 5.42. The van der Waals surface area contributed by atoms with E-state index in [0.717, 1.165) is 99.2 Å². The number of ether oxygens (including phenoxy) is 1. The quantitative estimate of drug-likeness (QED) is 0.117. The van der Waals surface area contributed by atoms with Crippen LogP contribution in [-0.4, -0.2) is 32.2 Å². The number of imidazole rings is 2. The summed E-state index contributed by atoms with van der Waals surface area (Å²) in [4.78, 5) is 17.9. The zero-order valence-corrected chi connectivity index (χ0v) is 31.4. The molecular formula is C49H44N4O2. The molecule has 0 saturated carbocycles. The second-order valence-corrected chi connectivity index (χ2v) is 13.8. The van der Waals surface area contributed by atoms with Gasteiger partial charge in [0.2, 0.25) is 0 Å². The van der Waals surface area contributed by atoms with E-state index in [4.69, 9.17) is 14.7 Å². The smallest absolute Gasteiger partial charge is 0.138 e. The number of phenols is 1. The Bertz CT molecular complexity index is 2480. The van der Waals surface area contributed by atoms with Gasteiger partial charge in [-0.2, -0.15) is 0 Å². The van der Waals surface area contributed by atoms with E-state index in [-0.39, 0.29) is 5.75 Å². The van der Waals surface area contributed by atoms with Crippen molar-refractivity contribution in [1.29, 1.82) is 0 Å². The summed E-state index contributed by atoms with van der Waals surface area (Å²) in [6, 6.07) is 49.7. The highest BCUT2D eigenvalue weighted by Crippen LogP contribution is 2.37. The number of benzene rings is 6. The van der Waals surface area contributed by atoms with E-state index >= 15 is 0 Å². The molecule has 0 aliphatic carbocycles. The van der Waals surface area contributed by atoms with Crippen LogP contribution in [0, 0.1) is 0 Å². The molecule has 0 saturated heterocycles. The van der Waals surface area contributed by atoms with Crippen LogP contribution in [0.5, 0.6) is 11.5 Å². The summed E-state index contributed by atoms with van der Waals surface area (Å²) in [6.45, 7) is 4.39. The number of methoxy groups -OCH3 is 1. The number of aromatic nitrogens is 4. The Morgan fingerprint density at radius 1 is 0.509 bits per heavy atom. The van der Waals surface area contributed by atoms with Crippen LogP contribution in [-0.2, 0) is 25.7 Å². The van der Waals surface area contributed by atoms with Gasteiger partial charge in [0.1, 0.15) is 23.1 Å². The summed E-state index contributed by atoms with van der Waals surface area (Å²) in [5.41, 5.74) is 15.1. The predicted octanol–water partition coefficient (Wildman–Crippen LogP) is 11.8. The monoisotopic (exact) mass is 720 g/mol. The van der Waals surface area contributed by atoms with Crippen molar-refractivity contribution in [2.45, 2.75) is 39.5 Å². The Labute approximate surface area is 322 Å². The Hall–Kier alpha value is -6.66. The van der Waals surface area contributed by atoms with E-state index in [2.05, 4.69) is 109 Å². The SMILES string of the molecule is CCc1ccc(CCc2ccc(CC)c(-c3nc(-c4ccc(OC)cc4)c(-c4ccc(O)cc4)[nH]3)c2)cc1-c1nc(-c2ccccc2)c(-c2ccccc2)[nH]1. The molecule has 0 spiro atoms. The minimum absolute atomic E-state index is 0.227. The number of nitrogens with one attached hydrogen (secondary N) is 2. The molecule has 272 valence electrons. The third kappa shape index (κ3) is 7.44. The van der Waals surface area contributed by atoms with Gasteiger partial charge in [0.25, 0.3) is 0 Å². The average Bonchev–Trinajstić information content (AvgIpc) is 3.90. The standard InChI is InChI=1S/C49H44N4O2/c1-4-34-20-18-32(30-42(34)48-50-44(36-12-8-6-9-13-36)45(51-48)37-14-10-7-11-15-37)16-17-33-19-21-35(5-2)43(31-33)49-52-46(38-22-26-40(54)27-23-38)47(53-49)39-24-28-41(55-3)29-25-39/h6-15,18-31,54H,4-5,16-17H2,1-3H3,(H,50,51)(H,52,53). The van der Waals surface area contributed by atoms with Crippen LogP contribution in [0.4, 0.5) is 0 Å². The van der Waals surface area contributed by atoms with Gasteiger partial charge in [0.05, 0.1) is 29.9 Å². The van der Waals surface area contributed by atoms with Crippen molar-refractivity contribution in [3.05, 3.63) is 168 Å². The Morgan fingerprint density at radius 3 is 1.42 bits per heavy atom. The molecule has 8 aromatic rings. The average molecular weight is 721 g/mol. The molecule has 2 heterocycles. The van der Waals surface area contributed by atoms with Crippen molar-refractivity contribution in [3.8, 4) is 79.3 Å². The molecule has 0 aliphatic heterocycles. The Morgan fingerprint density at radius 2 is 0.945 bits per heavy atom. The number of hydrogen-bond donors (Lipinski definition) is 3. The first-order chi connectivity index (χ1) is 27.0. The van der Waals surface area contributed by atoms with Crippen molar-refractivity contribution < 1.29 is 9.84 Å². The van der Waals surface area contributed by atoms with Gasteiger partial charge in [-0.25, -0.2) is 9.97 Å². The minimum Gasteiger partial charge on any atom is -0.508 e. The second kappa shape index (κ2) is 15.7. The van der Waals surface area contributed by atoms with Crippen LogP contribution in [0.3, 0.4) is 0 Å². The van der Waals surface area contributed by atoms with E-state index in [9.17, 15) is 5.11 Å². The van der Waals surface area contributed by atoms with Crippen LogP contribution in [0.15, 0.2) is 146 Å². The van der Waals surface area contributed by atoms with Crippen LogP contribution in [0.25, 0.3) is 67.8 Å². The summed E-state index contributed by atoms with van der Waals surface area (Å²) in [7, 11) is 1.67. The van der Waals surface area contributed by atoms with Gasteiger partial charge in [-0.15, -0.1) is 0 Å². The summed E-state index contributed by atoms with van der Waals surface area (Å²) >= 11 is 0. The predicted molar refractivity (Wildman–Crippen MR) is 224 cm³/mol. The molecule has 0 bridgehead atoms. The lowest BCUT2D eigenvalue weighted by Gasteiger charge is -2.11. The lowest BCUT2D eigenvalue weighted by molar-refractivity contribution is 0.415. The first kappa shape index (κ1) is 35.4. The van der Waals surface area contributed by atoms with Gasteiger partial charge in [-0.1, -0.05) is 98.8 Å². The van der Waals surface area contributed by atoms with Crippen molar-refractivity contribution in [3.63, 3.8) is 0 Å². The maximum atomic E-state index is 10.0. The number of nitrogens with zero attached hydrogens (tertiary/aromatic N) is 2. The fourth-order valence-corrected chi connectivity index (χ4v) is 7.32. The molecule has 8 rings (SSSR count). The number of hydrogen-bond acceptors (Lipinski definition) is 4. The maximum absolute atomic E-state index is 10.0. The normalized spacial score (nSPS) is 11.2. The number of aromatic hydroxyl groups is 1. The highest BCUT2D eigenvalue weighted by Gasteiger charge is 2.19. The Kier molecular flexibility index (Phi) is 10.1. The Balaban J connectivity index is 1.12. The highest BCUT2D eigenvalue weighted by molar-refractivity contribution is 5.83. The van der Waals surface area contributed by atoms with Crippen LogP contribution in [0.1, 0.15) is 36.1 Å². The molecule has 0 fully saturated rings. The van der Waals surface area contributed by atoms with Gasteiger partial charge in [0, 0.05) is 33.4 Å². The topological polar surface area (TPSA) is 86.8 Å². The molecule has 0 unspecified atom stereocenters. The van der Waals surface area contributed by atoms with E-state index in [1.165, 1.54) is 22.3 Å². The first-order valence-electron chi connectivity index (χ1n) is 19.0. The molecule has 6 heteroatoms. The molecule has 0 amide bonds. The van der Waals surface area contributed by atoms with Gasteiger partial charge < -0.3 is 19.8 Å². The summed E-state index contributed by atoms with van der Waals surface area (Å²) in [5.74, 6) is 2.73. The molecule has 3 N–H and O–H groups in total. The van der Waals surface area contributed by atoms with E-state index in [0.29, 0.717) is 0 Å². The number of aromatic amines is 2. The molecule has 0 atom stereocenters. The number of rotatable bonds is 12. The molecule has 0 aliphatic rings. The lowest BCUT2D eigenvalue weighted by Crippen LogP contribution is -1.98. The van der Waals surface area contributed by atoms with Crippen LogP contribution >= 0.6 is 0 Å². The van der Waals surface area contributed by atoms with Crippen molar-refractivity contribution >= 4 is 0 Å². The molecule has 6 nitrogen and oxygen atoms in total. The minimum atomic E-state index is 0.227. The van der Waals surface area contributed by atoms with Crippen molar-refractivity contribution in [2.75, 3.05) is 7.11 Å². The molecular weight excluding hydrogens is 677 g/mol. The molecule has 2 aromatic heterocycles. The zero-order valence-electron chi connectivity index (χ0n) is 31.4. The van der Waals surface area contributed by atoms with Gasteiger partial charge in [-0.3, -0.25) is 0 Å². The second-order valence-electron chi connectivity index (χ2n) is 13.8. The molecule has 0 radical (unpaired) electrons. The third-order valence-corrected chi connectivity index (χ3v) is 10.4. The van der Waals surface area contributed by atoms with Gasteiger partial charge in [-0.05, 0) is 109 Å². The van der Waals surface area contributed by atoms with Gasteiger partial charge >= 0.3 is 0 Å². The van der Waals surface area contributed by atoms with E-state index in [1.807, 2.05) is 48.5 Å². The number of H-pyrrole nitrogens is 2. The fourth-order valence-electron chi connectivity index (χ4n) is 7.32. The van der Waals surface area contributed by atoms with Crippen LogP contribution < -0.4 is 4.74 Å². The first-order valence-corrected chi connectivity index (χ1v) is 19.0. The van der Waals surface area contributed by atoms with Crippen molar-refractivity contribution in [1.82, 2.24) is 19.9 Å². The largest absolute Gasteiger partial charge is 0.508 e. The number of aryl methyl sites for hydroxylation is 4. The van der Waals surface area contributed by atoms with E-state index < -0.39 is 0 Å². The van der Waals surface area contributed by atoms with E-state index in [1.54, 1.807) is 19.2 Å². The third-order valence-electron chi connectivity index (χ3n) is 10.4. The molecule has 6 aromatic carbocycles. The van der Waals surface area contributed by atoms with Crippen LogP contribution in [0.2, 0.25) is 0 Å². The summed E-state index contributed by atoms with van der Waals surface area (Å²) in [5, 5.41) is 10.0. The molecule has 55 heavy (non-hydrogen) atoms. The van der Waals surface area contributed by atoms with Crippen molar-refractivity contribution in [2.24, 2.45) is 0 Å².